The van der Waals surface area contributed by atoms with Crippen LogP contribution in [-0.2, 0) is 4.74 Å². The molecule has 6 nitrogen and oxygen atoms in total. The van der Waals surface area contributed by atoms with Gasteiger partial charge >= 0.3 is 18.0 Å². The molecule has 8 heteroatoms. The molecule has 1 heterocycles. The van der Waals surface area contributed by atoms with Crippen molar-refractivity contribution in [1.29, 1.82) is 0 Å². The number of carboxylic acids is 1. The van der Waals surface area contributed by atoms with Crippen molar-refractivity contribution >= 4 is 12.1 Å². The molecule has 0 spiro atoms. The fraction of sp³-hybridized carbons (Fsp3) is 0.273. The fourth-order valence-corrected chi connectivity index (χ4v) is 1.74. The number of carbonyl (C=O) groups is 2. The van der Waals surface area contributed by atoms with Gasteiger partial charge in [0.1, 0.15) is 17.4 Å². The smallest absolute Gasteiger partial charge is 0.408 e. The minimum atomic E-state index is -3.37. The molecule has 3 N–H and O–H groups in total. The Hall–Kier alpha value is -2.38. The molecular formula is C11H9F2NO5. The van der Waals surface area contributed by atoms with Gasteiger partial charge in [-0.3, -0.25) is 0 Å². The van der Waals surface area contributed by atoms with E-state index in [1.165, 1.54) is 0 Å². The molecule has 0 unspecified atom stereocenters. The van der Waals surface area contributed by atoms with Crippen LogP contribution in [0.25, 0.3) is 0 Å². The van der Waals surface area contributed by atoms with Gasteiger partial charge in [-0.25, -0.2) is 18.4 Å². The first kappa shape index (κ1) is 13.1. The van der Waals surface area contributed by atoms with Gasteiger partial charge in [0.25, 0.3) is 0 Å². The summed E-state index contributed by atoms with van der Waals surface area (Å²) in [5, 5.41) is 20.0. The lowest BCUT2D eigenvalue weighted by atomic mass is 9.97. The summed E-state index contributed by atoms with van der Waals surface area (Å²) in [4.78, 5) is 21.8. The molecule has 0 saturated carbocycles. The summed E-state index contributed by atoms with van der Waals surface area (Å²) < 4.78 is 31.4. The summed E-state index contributed by atoms with van der Waals surface area (Å²) in [6.45, 7) is -1.09. The minimum Gasteiger partial charge on any atom is -0.507 e. The molecule has 1 aliphatic heterocycles. The van der Waals surface area contributed by atoms with E-state index in [1.54, 1.807) is 0 Å². The maximum Gasteiger partial charge on any atom is 0.408 e. The van der Waals surface area contributed by atoms with E-state index in [0.29, 0.717) is 0 Å². The van der Waals surface area contributed by atoms with E-state index >= 15 is 0 Å². The minimum absolute atomic E-state index is 0.128. The average molecular weight is 273 g/mol. The lowest BCUT2D eigenvalue weighted by Crippen LogP contribution is -2.49. The van der Waals surface area contributed by atoms with Gasteiger partial charge in [-0.05, 0) is 17.7 Å². The molecule has 1 aromatic rings. The molecule has 102 valence electrons. The Morgan fingerprint density at radius 1 is 1.47 bits per heavy atom. The standard InChI is InChI=1S/C11H9F2NO5/c12-11(13)4-19-10(18)14-8(11)5-1-2-7(15)6(3-5)9(16)17/h1-3,8,15H,4H2,(H,14,18)(H,16,17)/t8-/m0/s1. The number of alkyl carbamates (subject to hydrolysis) is 1. The van der Waals surface area contributed by atoms with Crippen molar-refractivity contribution in [2.24, 2.45) is 0 Å². The number of hydrogen-bond acceptors (Lipinski definition) is 4. The van der Waals surface area contributed by atoms with Crippen molar-refractivity contribution < 1.29 is 33.3 Å². The van der Waals surface area contributed by atoms with Gasteiger partial charge in [0, 0.05) is 0 Å². The normalized spacial score (nSPS) is 21.4. The van der Waals surface area contributed by atoms with Gasteiger partial charge in [-0.1, -0.05) is 6.07 Å². The van der Waals surface area contributed by atoms with Crippen LogP contribution in [0, 0.1) is 0 Å². The average Bonchev–Trinajstić information content (AvgIpc) is 2.33. The summed E-state index contributed by atoms with van der Waals surface area (Å²) in [7, 11) is 0. The first-order valence-electron chi connectivity index (χ1n) is 5.18. The van der Waals surface area contributed by atoms with Crippen LogP contribution in [0.4, 0.5) is 13.6 Å². The first-order valence-corrected chi connectivity index (χ1v) is 5.18. The van der Waals surface area contributed by atoms with Crippen LogP contribution in [0.15, 0.2) is 18.2 Å². The Morgan fingerprint density at radius 3 is 2.79 bits per heavy atom. The summed E-state index contributed by atoms with van der Waals surface area (Å²) in [5.41, 5.74) is -0.647. The predicted octanol–water partition coefficient (Wildman–Crippen LogP) is 1.51. The maximum absolute atomic E-state index is 13.6. The Bertz CT molecular complexity index is 546. The van der Waals surface area contributed by atoms with E-state index in [1.807, 2.05) is 5.32 Å². The number of rotatable bonds is 2. The SMILES string of the molecule is O=C1N[C@@H](c2ccc(O)c(C(=O)O)c2)C(F)(F)CO1. The lowest BCUT2D eigenvalue weighted by Gasteiger charge is -2.31. The quantitative estimate of drug-likeness (QED) is 0.759. The molecular weight excluding hydrogens is 264 g/mol. The number of benzene rings is 1. The number of alkyl halides is 2. The number of halogens is 2. The Kier molecular flexibility index (Phi) is 3.01. The van der Waals surface area contributed by atoms with Gasteiger partial charge in [0.2, 0.25) is 0 Å². The number of carboxylic acid groups (broad SMARTS) is 1. The van der Waals surface area contributed by atoms with Crippen LogP contribution in [0.5, 0.6) is 5.75 Å². The van der Waals surface area contributed by atoms with Crippen molar-refractivity contribution in [3.63, 3.8) is 0 Å². The molecule has 0 radical (unpaired) electrons. The summed E-state index contributed by atoms with van der Waals surface area (Å²) in [6, 6.07) is 1.29. The van der Waals surface area contributed by atoms with E-state index in [2.05, 4.69) is 4.74 Å². The maximum atomic E-state index is 13.6. The van der Waals surface area contributed by atoms with Gasteiger partial charge in [0.05, 0.1) is 0 Å². The van der Waals surface area contributed by atoms with Crippen LogP contribution in [-0.4, -0.2) is 34.8 Å². The lowest BCUT2D eigenvalue weighted by molar-refractivity contribution is -0.104. The highest BCUT2D eigenvalue weighted by Gasteiger charge is 2.47. The van der Waals surface area contributed by atoms with Crippen molar-refractivity contribution in [2.45, 2.75) is 12.0 Å². The Morgan fingerprint density at radius 2 is 2.16 bits per heavy atom. The Balaban J connectivity index is 2.42. The van der Waals surface area contributed by atoms with E-state index < -0.39 is 41.9 Å². The number of aromatic hydroxyl groups is 1. The number of ether oxygens (including phenoxy) is 1. The van der Waals surface area contributed by atoms with Crippen LogP contribution in [0.3, 0.4) is 0 Å². The van der Waals surface area contributed by atoms with Crippen LogP contribution in [0.2, 0.25) is 0 Å². The number of cyclic esters (lactones) is 1. The van der Waals surface area contributed by atoms with Gasteiger partial charge < -0.3 is 20.3 Å². The summed E-state index contributed by atoms with van der Waals surface area (Å²) in [5.74, 6) is -5.38. The van der Waals surface area contributed by atoms with Crippen molar-refractivity contribution in [3.05, 3.63) is 29.3 Å². The summed E-state index contributed by atoms with van der Waals surface area (Å²) in [6.07, 6.45) is -1.01. The van der Waals surface area contributed by atoms with Crippen molar-refractivity contribution in [3.8, 4) is 5.75 Å². The van der Waals surface area contributed by atoms with Crippen molar-refractivity contribution in [1.82, 2.24) is 5.32 Å². The van der Waals surface area contributed by atoms with Gasteiger partial charge in [-0.15, -0.1) is 0 Å². The highest BCUT2D eigenvalue weighted by atomic mass is 19.3. The van der Waals surface area contributed by atoms with Gasteiger partial charge in [-0.2, -0.15) is 0 Å². The number of aromatic carboxylic acids is 1. The number of hydrogen-bond donors (Lipinski definition) is 3. The first-order chi connectivity index (χ1) is 8.81. The fourth-order valence-electron chi connectivity index (χ4n) is 1.74. The molecule has 19 heavy (non-hydrogen) atoms. The number of phenols is 1. The predicted molar refractivity (Wildman–Crippen MR) is 57.2 cm³/mol. The largest absolute Gasteiger partial charge is 0.507 e. The van der Waals surface area contributed by atoms with E-state index in [0.717, 1.165) is 18.2 Å². The van der Waals surface area contributed by atoms with E-state index in [9.17, 15) is 23.5 Å². The molecule has 0 bridgehead atoms. The molecule has 0 aromatic heterocycles. The molecule has 1 fully saturated rings. The topological polar surface area (TPSA) is 95.9 Å². The highest BCUT2D eigenvalue weighted by molar-refractivity contribution is 5.91. The zero-order valence-electron chi connectivity index (χ0n) is 9.39. The molecule has 1 aliphatic rings. The highest BCUT2D eigenvalue weighted by Crippen LogP contribution is 2.35. The molecule has 1 atom stereocenters. The molecule has 1 saturated heterocycles. The van der Waals surface area contributed by atoms with Crippen LogP contribution < -0.4 is 5.32 Å². The van der Waals surface area contributed by atoms with E-state index in [4.69, 9.17) is 5.11 Å². The molecule has 0 aliphatic carbocycles. The zero-order chi connectivity index (χ0) is 14.2. The third-order valence-electron chi connectivity index (χ3n) is 2.66. The number of nitrogens with one attached hydrogen (secondary N) is 1. The second kappa shape index (κ2) is 4.38. The number of amides is 1. The molecule has 1 aromatic carbocycles. The zero-order valence-corrected chi connectivity index (χ0v) is 9.39. The van der Waals surface area contributed by atoms with Crippen LogP contribution >= 0.6 is 0 Å². The summed E-state index contributed by atoms with van der Waals surface area (Å²) >= 11 is 0. The second-order valence-electron chi connectivity index (χ2n) is 4.00. The third kappa shape index (κ3) is 2.42. The second-order valence-corrected chi connectivity index (χ2v) is 4.00. The third-order valence-corrected chi connectivity index (χ3v) is 2.66. The Labute approximate surface area is 105 Å². The molecule has 1 amide bonds. The van der Waals surface area contributed by atoms with Crippen molar-refractivity contribution in [2.75, 3.05) is 6.61 Å². The molecule has 2 rings (SSSR count). The van der Waals surface area contributed by atoms with Crippen LogP contribution in [0.1, 0.15) is 22.0 Å². The van der Waals surface area contributed by atoms with Gasteiger partial charge in [0.15, 0.2) is 6.61 Å². The monoisotopic (exact) mass is 273 g/mol. The number of carbonyl (C=O) groups excluding carboxylic acids is 1. The van der Waals surface area contributed by atoms with E-state index in [-0.39, 0.29) is 5.56 Å².